The highest BCUT2D eigenvalue weighted by atomic mass is 15.2. The van der Waals surface area contributed by atoms with E-state index in [1.54, 1.807) is 0 Å². The molecule has 3 rings (SSSR count). The summed E-state index contributed by atoms with van der Waals surface area (Å²) >= 11 is 0. The van der Waals surface area contributed by atoms with Crippen molar-refractivity contribution in [2.45, 2.75) is 51.6 Å². The van der Waals surface area contributed by atoms with Gasteiger partial charge >= 0.3 is 0 Å². The van der Waals surface area contributed by atoms with E-state index < -0.39 is 0 Å². The van der Waals surface area contributed by atoms with Crippen LogP contribution in [-0.4, -0.2) is 12.1 Å². The Balaban J connectivity index is 1.94. The second kappa shape index (κ2) is 5.26. The van der Waals surface area contributed by atoms with Crippen LogP contribution in [0.2, 0.25) is 0 Å². The number of allylic oxidation sites excluding steroid dienone is 1. The molecule has 1 aromatic carbocycles. The van der Waals surface area contributed by atoms with E-state index in [0.717, 1.165) is 31.3 Å². The highest BCUT2D eigenvalue weighted by molar-refractivity contribution is 5.56. The molecule has 2 aliphatic heterocycles. The topological polar surface area (TPSA) is 50.8 Å². The van der Waals surface area contributed by atoms with Gasteiger partial charge in [0.2, 0.25) is 0 Å². The minimum absolute atomic E-state index is 0.340. The molecule has 2 fully saturated rings. The molecule has 0 aromatic heterocycles. The molecule has 0 amide bonds. The fraction of sp³-hybridized carbons (Fsp3) is 0.444. The summed E-state index contributed by atoms with van der Waals surface area (Å²) in [6.45, 7) is 4.27. The van der Waals surface area contributed by atoms with Gasteiger partial charge in [0, 0.05) is 17.8 Å². The average molecular weight is 277 g/mol. The van der Waals surface area contributed by atoms with Crippen LogP contribution in [-0.2, 0) is 0 Å². The summed E-state index contributed by atoms with van der Waals surface area (Å²) in [6, 6.07) is 11.7. The van der Waals surface area contributed by atoms with Crippen LogP contribution in [0.3, 0.4) is 0 Å². The van der Waals surface area contributed by atoms with Crippen LogP contribution < -0.4 is 4.90 Å². The predicted octanol–water partition coefficient (Wildman–Crippen LogP) is 3.78. The first-order valence-electron chi connectivity index (χ1n) is 7.51. The Morgan fingerprint density at radius 3 is 2.00 bits per heavy atom. The zero-order valence-electron chi connectivity index (χ0n) is 12.6. The zero-order valence-corrected chi connectivity index (χ0v) is 12.6. The molecule has 0 aliphatic carbocycles. The molecule has 0 spiro atoms. The molecule has 0 saturated carbocycles. The number of hydrogen-bond donors (Lipinski definition) is 0. The monoisotopic (exact) mass is 277 g/mol. The number of nitrogens with zero attached hydrogens (tertiary/aromatic N) is 3. The standard InChI is InChI=1S/C18H19N3/c1-12-5-13(2)7-18(6-12)21-16-3-4-17(21)9-14(8-16)15(10-19)11-20/h5-7,16-17H,3-4,8-9H2,1-2H3/t16-,17+. The Labute approximate surface area is 126 Å². The molecule has 0 N–H and O–H groups in total. The molecule has 3 nitrogen and oxygen atoms in total. The van der Waals surface area contributed by atoms with E-state index >= 15 is 0 Å². The van der Waals surface area contributed by atoms with Crippen LogP contribution >= 0.6 is 0 Å². The third-order valence-corrected chi connectivity index (χ3v) is 4.67. The molecule has 2 atom stereocenters. The molecule has 21 heavy (non-hydrogen) atoms. The number of nitriles is 2. The predicted molar refractivity (Wildman–Crippen MR) is 82.7 cm³/mol. The average Bonchev–Trinajstić information content (AvgIpc) is 2.70. The number of rotatable bonds is 1. The normalized spacial score (nSPS) is 23.6. The lowest BCUT2D eigenvalue weighted by molar-refractivity contribution is 0.548. The maximum absolute atomic E-state index is 9.08. The maximum Gasteiger partial charge on any atom is 0.129 e. The molecule has 2 aliphatic rings. The summed E-state index contributed by atoms with van der Waals surface area (Å²) in [6.07, 6.45) is 4.04. The lowest BCUT2D eigenvalue weighted by Crippen LogP contribution is -2.40. The van der Waals surface area contributed by atoms with Crippen molar-refractivity contribution in [2.24, 2.45) is 0 Å². The van der Waals surface area contributed by atoms with Crippen molar-refractivity contribution in [3.05, 3.63) is 40.5 Å². The Morgan fingerprint density at radius 2 is 1.52 bits per heavy atom. The first-order chi connectivity index (χ1) is 10.1. The van der Waals surface area contributed by atoms with Crippen molar-refractivity contribution in [2.75, 3.05) is 4.90 Å². The van der Waals surface area contributed by atoms with Crippen LogP contribution in [0, 0.1) is 36.5 Å². The zero-order chi connectivity index (χ0) is 15.0. The van der Waals surface area contributed by atoms with Crippen LogP contribution in [0.15, 0.2) is 29.3 Å². The third kappa shape index (κ3) is 2.41. The highest BCUT2D eigenvalue weighted by Gasteiger charge is 2.39. The Bertz CT molecular complexity index is 635. The first kappa shape index (κ1) is 13.7. The molecule has 3 heteroatoms. The van der Waals surface area contributed by atoms with E-state index in [9.17, 15) is 0 Å². The molecule has 2 bridgehead atoms. The fourth-order valence-electron chi connectivity index (χ4n) is 3.92. The lowest BCUT2D eigenvalue weighted by atomic mass is 9.92. The van der Waals surface area contributed by atoms with Gasteiger partial charge in [0.25, 0.3) is 0 Å². The van der Waals surface area contributed by atoms with Crippen molar-refractivity contribution >= 4 is 5.69 Å². The molecular weight excluding hydrogens is 258 g/mol. The summed E-state index contributed by atoms with van der Waals surface area (Å²) < 4.78 is 0. The molecule has 106 valence electrons. The molecular formula is C18H19N3. The van der Waals surface area contributed by atoms with Crippen molar-refractivity contribution in [3.63, 3.8) is 0 Å². The minimum atomic E-state index is 0.340. The Hall–Kier alpha value is -2.26. The second-order valence-electron chi connectivity index (χ2n) is 6.25. The van der Waals surface area contributed by atoms with Gasteiger partial charge in [-0.1, -0.05) is 6.07 Å². The fourth-order valence-corrected chi connectivity index (χ4v) is 3.92. The van der Waals surface area contributed by atoms with Crippen LogP contribution in [0.5, 0.6) is 0 Å². The van der Waals surface area contributed by atoms with E-state index in [0.29, 0.717) is 17.7 Å². The van der Waals surface area contributed by atoms with Gasteiger partial charge in [-0.3, -0.25) is 0 Å². The SMILES string of the molecule is Cc1cc(C)cc(N2[C@@H]3CC[C@H]2CC(=C(C#N)C#N)C3)c1. The molecule has 1 aromatic rings. The van der Waals surface area contributed by atoms with Crippen molar-refractivity contribution < 1.29 is 0 Å². The quantitative estimate of drug-likeness (QED) is 0.734. The number of hydrogen-bond acceptors (Lipinski definition) is 3. The van der Waals surface area contributed by atoms with E-state index in [1.807, 2.05) is 0 Å². The van der Waals surface area contributed by atoms with E-state index in [1.165, 1.54) is 16.8 Å². The second-order valence-corrected chi connectivity index (χ2v) is 6.25. The maximum atomic E-state index is 9.08. The molecule has 0 unspecified atom stereocenters. The lowest BCUT2D eigenvalue weighted by Gasteiger charge is -2.38. The van der Waals surface area contributed by atoms with Gasteiger partial charge in [-0.2, -0.15) is 10.5 Å². The van der Waals surface area contributed by atoms with Crippen LogP contribution in [0.4, 0.5) is 5.69 Å². The van der Waals surface area contributed by atoms with E-state index in [2.05, 4.69) is 49.1 Å². The summed E-state index contributed by atoms with van der Waals surface area (Å²) in [7, 11) is 0. The number of fused-ring (bicyclic) bond motifs is 2. The van der Waals surface area contributed by atoms with E-state index in [-0.39, 0.29) is 0 Å². The van der Waals surface area contributed by atoms with Gasteiger partial charge in [-0.25, -0.2) is 0 Å². The smallest absolute Gasteiger partial charge is 0.129 e. The van der Waals surface area contributed by atoms with Gasteiger partial charge in [0.05, 0.1) is 0 Å². The van der Waals surface area contributed by atoms with E-state index in [4.69, 9.17) is 10.5 Å². The minimum Gasteiger partial charge on any atom is -0.365 e. The van der Waals surface area contributed by atoms with Crippen molar-refractivity contribution in [1.29, 1.82) is 10.5 Å². The van der Waals surface area contributed by atoms with Gasteiger partial charge in [0.1, 0.15) is 17.7 Å². The van der Waals surface area contributed by atoms with Crippen LogP contribution in [0.25, 0.3) is 0 Å². The largest absolute Gasteiger partial charge is 0.365 e. The first-order valence-corrected chi connectivity index (χ1v) is 7.51. The molecule has 2 saturated heterocycles. The molecule has 2 heterocycles. The van der Waals surface area contributed by atoms with Crippen molar-refractivity contribution in [1.82, 2.24) is 0 Å². The number of aryl methyl sites for hydroxylation is 2. The highest BCUT2D eigenvalue weighted by Crippen LogP contribution is 2.42. The van der Waals surface area contributed by atoms with Gasteiger partial charge in [0.15, 0.2) is 0 Å². The summed E-state index contributed by atoms with van der Waals surface area (Å²) in [4.78, 5) is 2.52. The number of piperidine rings is 1. The van der Waals surface area contributed by atoms with Crippen molar-refractivity contribution in [3.8, 4) is 12.1 Å². The third-order valence-electron chi connectivity index (χ3n) is 4.67. The summed E-state index contributed by atoms with van der Waals surface area (Å²) in [5, 5.41) is 18.2. The number of anilines is 1. The summed E-state index contributed by atoms with van der Waals surface area (Å²) in [5.74, 6) is 0. The Morgan fingerprint density at radius 1 is 1.00 bits per heavy atom. The van der Waals surface area contributed by atoms with Crippen LogP contribution in [0.1, 0.15) is 36.8 Å². The molecule has 0 radical (unpaired) electrons. The Kier molecular flexibility index (Phi) is 3.43. The summed E-state index contributed by atoms with van der Waals surface area (Å²) in [5.41, 5.74) is 5.29. The van der Waals surface area contributed by atoms with Gasteiger partial charge < -0.3 is 4.90 Å². The number of benzene rings is 1. The van der Waals surface area contributed by atoms with Gasteiger partial charge in [-0.05, 0) is 68.4 Å². The van der Waals surface area contributed by atoms with Gasteiger partial charge in [-0.15, -0.1) is 0 Å².